The van der Waals surface area contributed by atoms with Gasteiger partial charge in [0.2, 0.25) is 0 Å². The second-order valence-electron chi connectivity index (χ2n) is 4.13. The molecule has 1 aliphatic rings. The summed E-state index contributed by atoms with van der Waals surface area (Å²) in [6.07, 6.45) is 0. The maximum atomic E-state index is 13.5. The van der Waals surface area contributed by atoms with Crippen molar-refractivity contribution in [1.82, 2.24) is 0 Å². The Bertz CT molecular complexity index is 568. The van der Waals surface area contributed by atoms with Gasteiger partial charge in [0.1, 0.15) is 11.5 Å². The summed E-state index contributed by atoms with van der Waals surface area (Å²) in [5, 5.41) is 19.7. The van der Waals surface area contributed by atoms with E-state index in [1.165, 1.54) is 4.90 Å². The van der Waals surface area contributed by atoms with Crippen LogP contribution in [0.2, 0.25) is 5.02 Å². The molecule has 1 fully saturated rings. The number of halogens is 2. The van der Waals surface area contributed by atoms with E-state index in [1.807, 2.05) is 0 Å². The van der Waals surface area contributed by atoms with Crippen molar-refractivity contribution in [2.24, 2.45) is 0 Å². The summed E-state index contributed by atoms with van der Waals surface area (Å²) >= 11 is 5.53. The van der Waals surface area contributed by atoms with Crippen LogP contribution < -0.4 is 4.90 Å². The highest BCUT2D eigenvalue weighted by molar-refractivity contribution is 6.31. The lowest BCUT2D eigenvalue weighted by Crippen LogP contribution is -2.50. The van der Waals surface area contributed by atoms with E-state index in [0.29, 0.717) is 0 Å². The minimum atomic E-state index is -1.20. The Morgan fingerprint density at radius 3 is 2.90 bits per heavy atom. The number of carboxylic acid groups (broad SMARTS) is 1. The van der Waals surface area contributed by atoms with Crippen LogP contribution >= 0.6 is 11.6 Å². The Labute approximate surface area is 117 Å². The number of morpholine rings is 1. The molecule has 0 aromatic heterocycles. The molecule has 1 unspecified atom stereocenters. The zero-order valence-corrected chi connectivity index (χ0v) is 10.8. The van der Waals surface area contributed by atoms with Gasteiger partial charge in [0.25, 0.3) is 5.69 Å². The summed E-state index contributed by atoms with van der Waals surface area (Å²) in [6.45, 7) is 0.181. The zero-order valence-electron chi connectivity index (χ0n) is 10.1. The van der Waals surface area contributed by atoms with Crippen LogP contribution in [0.1, 0.15) is 0 Å². The summed E-state index contributed by atoms with van der Waals surface area (Å²) in [5.74, 6) is -2.04. The average molecular weight is 305 g/mol. The smallest absolute Gasteiger partial charge is 0.328 e. The Morgan fingerprint density at radius 2 is 2.30 bits per heavy atom. The zero-order chi connectivity index (χ0) is 14.9. The van der Waals surface area contributed by atoms with E-state index in [-0.39, 0.29) is 30.5 Å². The molecule has 7 nitrogen and oxygen atoms in total. The lowest BCUT2D eigenvalue weighted by atomic mass is 10.1. The largest absolute Gasteiger partial charge is 0.480 e. The van der Waals surface area contributed by atoms with E-state index in [4.69, 9.17) is 21.4 Å². The first kappa shape index (κ1) is 14.5. The molecule has 1 heterocycles. The van der Waals surface area contributed by atoms with Crippen molar-refractivity contribution in [3.8, 4) is 0 Å². The summed E-state index contributed by atoms with van der Waals surface area (Å²) < 4.78 is 18.6. The second-order valence-corrected chi connectivity index (χ2v) is 4.54. The molecule has 1 N–H and O–H groups in total. The van der Waals surface area contributed by atoms with Crippen LogP contribution in [0.5, 0.6) is 0 Å². The van der Waals surface area contributed by atoms with Gasteiger partial charge in [0, 0.05) is 18.7 Å². The fourth-order valence-corrected chi connectivity index (χ4v) is 2.16. The molecule has 2 rings (SSSR count). The number of carbonyl (C=O) groups is 1. The molecule has 0 bridgehead atoms. The third-order valence-corrected chi connectivity index (χ3v) is 3.23. The molecule has 20 heavy (non-hydrogen) atoms. The van der Waals surface area contributed by atoms with Gasteiger partial charge in [-0.15, -0.1) is 0 Å². The first-order chi connectivity index (χ1) is 9.41. The van der Waals surface area contributed by atoms with Crippen LogP contribution in [0.25, 0.3) is 0 Å². The highest BCUT2D eigenvalue weighted by Crippen LogP contribution is 2.34. The highest BCUT2D eigenvalue weighted by Gasteiger charge is 2.34. The van der Waals surface area contributed by atoms with Gasteiger partial charge < -0.3 is 14.7 Å². The van der Waals surface area contributed by atoms with E-state index in [9.17, 15) is 19.3 Å². The maximum absolute atomic E-state index is 13.5. The van der Waals surface area contributed by atoms with Crippen LogP contribution in [-0.4, -0.2) is 41.8 Å². The molecule has 1 aromatic rings. The third kappa shape index (κ3) is 2.66. The Balaban J connectivity index is 2.51. The van der Waals surface area contributed by atoms with Crippen molar-refractivity contribution in [2.45, 2.75) is 6.04 Å². The Morgan fingerprint density at radius 1 is 1.60 bits per heavy atom. The van der Waals surface area contributed by atoms with E-state index >= 15 is 0 Å². The number of benzene rings is 1. The molecule has 0 spiro atoms. The number of hydrogen-bond acceptors (Lipinski definition) is 5. The van der Waals surface area contributed by atoms with Gasteiger partial charge in [-0.3, -0.25) is 10.1 Å². The number of carboxylic acids is 1. The van der Waals surface area contributed by atoms with Crippen molar-refractivity contribution < 1.29 is 24.0 Å². The first-order valence-electron chi connectivity index (χ1n) is 5.62. The highest BCUT2D eigenvalue weighted by atomic mass is 35.5. The summed E-state index contributed by atoms with van der Waals surface area (Å²) in [4.78, 5) is 22.7. The van der Waals surface area contributed by atoms with Gasteiger partial charge in [-0.25, -0.2) is 9.18 Å². The van der Waals surface area contributed by atoms with E-state index in [1.54, 1.807) is 0 Å². The van der Waals surface area contributed by atoms with E-state index in [0.717, 1.165) is 12.1 Å². The lowest BCUT2D eigenvalue weighted by Gasteiger charge is -2.34. The molecular formula is C11H10ClFN2O5. The third-order valence-electron chi connectivity index (χ3n) is 2.94. The molecule has 0 aliphatic carbocycles. The topological polar surface area (TPSA) is 92.9 Å². The molecular weight excluding hydrogens is 295 g/mol. The van der Waals surface area contributed by atoms with Crippen LogP contribution in [-0.2, 0) is 9.53 Å². The molecule has 1 atom stereocenters. The fourth-order valence-electron chi connectivity index (χ4n) is 2.00. The van der Waals surface area contributed by atoms with Crippen molar-refractivity contribution in [1.29, 1.82) is 0 Å². The van der Waals surface area contributed by atoms with E-state index in [2.05, 4.69) is 0 Å². The predicted molar refractivity (Wildman–Crippen MR) is 67.7 cm³/mol. The number of ether oxygens (including phenoxy) is 1. The van der Waals surface area contributed by atoms with Gasteiger partial charge in [-0.2, -0.15) is 0 Å². The van der Waals surface area contributed by atoms with Crippen LogP contribution in [0.3, 0.4) is 0 Å². The maximum Gasteiger partial charge on any atom is 0.328 e. The summed E-state index contributed by atoms with van der Waals surface area (Å²) in [6, 6.07) is 0.644. The Hall–Kier alpha value is -1.93. The van der Waals surface area contributed by atoms with Gasteiger partial charge in [-0.1, -0.05) is 11.6 Å². The number of hydrogen-bond donors (Lipinski definition) is 1. The summed E-state index contributed by atoms with van der Waals surface area (Å²) in [7, 11) is 0. The lowest BCUT2D eigenvalue weighted by molar-refractivity contribution is -0.384. The number of nitro benzene ring substituents is 1. The number of anilines is 1. The molecule has 1 aromatic carbocycles. The molecule has 9 heteroatoms. The predicted octanol–water partition coefficient (Wildman–Crippen LogP) is 1.68. The SMILES string of the molecule is O=C(O)C1COCCN1c1cc(F)c(Cl)cc1[N+](=O)[O-]. The molecule has 0 saturated carbocycles. The first-order valence-corrected chi connectivity index (χ1v) is 6.00. The van der Waals surface area contributed by atoms with Gasteiger partial charge in [0.15, 0.2) is 6.04 Å². The monoisotopic (exact) mass is 304 g/mol. The molecule has 108 valence electrons. The Kier molecular flexibility index (Phi) is 4.05. The van der Waals surface area contributed by atoms with E-state index < -0.39 is 28.4 Å². The number of aliphatic carboxylic acids is 1. The number of rotatable bonds is 3. The van der Waals surface area contributed by atoms with Crippen LogP contribution in [0.4, 0.5) is 15.8 Å². The standard InChI is InChI=1S/C11H10ClFN2O5/c12-6-3-9(15(18)19)8(4-7(6)13)14-1-2-20-5-10(14)11(16)17/h3-4,10H,1-2,5H2,(H,16,17). The molecule has 1 saturated heterocycles. The molecule has 1 aliphatic heterocycles. The van der Waals surface area contributed by atoms with Gasteiger partial charge in [-0.05, 0) is 0 Å². The number of nitro groups is 1. The second kappa shape index (κ2) is 5.59. The van der Waals surface area contributed by atoms with Crippen molar-refractivity contribution in [2.75, 3.05) is 24.7 Å². The minimum absolute atomic E-state index is 0.110. The van der Waals surface area contributed by atoms with Crippen molar-refractivity contribution >= 4 is 28.9 Å². The quantitative estimate of drug-likeness (QED) is 0.674. The fraction of sp³-hybridized carbons (Fsp3) is 0.364. The van der Waals surface area contributed by atoms with Gasteiger partial charge in [0.05, 0.1) is 23.2 Å². The summed E-state index contributed by atoms with van der Waals surface area (Å²) in [5.41, 5.74) is -0.558. The van der Waals surface area contributed by atoms with Crippen LogP contribution in [0.15, 0.2) is 12.1 Å². The molecule has 0 radical (unpaired) electrons. The average Bonchev–Trinajstić information content (AvgIpc) is 2.41. The van der Waals surface area contributed by atoms with Crippen LogP contribution in [0, 0.1) is 15.9 Å². The van der Waals surface area contributed by atoms with Crippen molar-refractivity contribution in [3.05, 3.63) is 33.1 Å². The molecule has 0 amide bonds. The normalized spacial score (nSPS) is 18.9. The van der Waals surface area contributed by atoms with Crippen molar-refractivity contribution in [3.63, 3.8) is 0 Å². The van der Waals surface area contributed by atoms with Gasteiger partial charge >= 0.3 is 5.97 Å². The number of nitrogens with zero attached hydrogens (tertiary/aromatic N) is 2. The minimum Gasteiger partial charge on any atom is -0.480 e.